The second-order valence-corrected chi connectivity index (χ2v) is 5.50. The summed E-state index contributed by atoms with van der Waals surface area (Å²) < 4.78 is 6.25. The zero-order valence-electron chi connectivity index (χ0n) is 9.70. The van der Waals surface area contributed by atoms with Gasteiger partial charge in [0.15, 0.2) is 6.61 Å². The van der Waals surface area contributed by atoms with Crippen molar-refractivity contribution in [2.24, 2.45) is 0 Å². The molecule has 0 aliphatic heterocycles. The van der Waals surface area contributed by atoms with Gasteiger partial charge in [0.25, 0.3) is 0 Å². The summed E-state index contributed by atoms with van der Waals surface area (Å²) >= 11 is 15.2. The molecule has 0 aliphatic rings. The van der Waals surface area contributed by atoms with Crippen molar-refractivity contribution in [1.82, 2.24) is 0 Å². The minimum atomic E-state index is -0.193. The summed E-state index contributed by atoms with van der Waals surface area (Å²) in [5, 5.41) is 0.867. The van der Waals surface area contributed by atoms with Crippen LogP contribution < -0.4 is 4.74 Å². The molecule has 98 valence electrons. The van der Waals surface area contributed by atoms with E-state index in [0.29, 0.717) is 21.4 Å². The van der Waals surface area contributed by atoms with E-state index < -0.39 is 0 Å². The van der Waals surface area contributed by atoms with Gasteiger partial charge in [-0.3, -0.25) is 4.79 Å². The van der Waals surface area contributed by atoms with Crippen molar-refractivity contribution in [1.29, 1.82) is 0 Å². The maximum Gasteiger partial charge on any atom is 0.201 e. The summed E-state index contributed by atoms with van der Waals surface area (Å²) in [6.45, 7) is -0.111. The van der Waals surface area contributed by atoms with Crippen molar-refractivity contribution >= 4 is 44.9 Å². The van der Waals surface area contributed by atoms with Crippen LogP contribution in [0, 0.1) is 0 Å². The van der Waals surface area contributed by atoms with Crippen LogP contribution in [-0.2, 0) is 0 Å². The van der Waals surface area contributed by atoms with Gasteiger partial charge in [0.05, 0.1) is 10.0 Å². The van der Waals surface area contributed by atoms with Crippen LogP contribution in [0.15, 0.2) is 46.9 Å². The molecule has 0 amide bonds. The molecule has 0 radical (unpaired) electrons. The second kappa shape index (κ2) is 6.42. The highest BCUT2D eigenvalue weighted by atomic mass is 79.9. The molecule has 0 fully saturated rings. The molecule has 0 bridgehead atoms. The summed E-state index contributed by atoms with van der Waals surface area (Å²) in [4.78, 5) is 12.0. The van der Waals surface area contributed by atoms with E-state index in [4.69, 9.17) is 27.9 Å². The number of carbonyl (C=O) groups is 1. The van der Waals surface area contributed by atoms with Gasteiger partial charge in [-0.15, -0.1) is 0 Å². The number of carbonyl (C=O) groups excluding carboxylic acids is 1. The average Bonchev–Trinajstić information content (AvgIpc) is 2.40. The number of Topliss-reactive ketones (excluding diaryl/α,β-unsaturated/α-hetero) is 1. The third-order valence-electron chi connectivity index (χ3n) is 2.43. The molecule has 5 heteroatoms. The molecule has 19 heavy (non-hydrogen) atoms. The number of hydrogen-bond donors (Lipinski definition) is 0. The van der Waals surface area contributed by atoms with Crippen molar-refractivity contribution in [3.05, 3.63) is 62.5 Å². The zero-order valence-corrected chi connectivity index (χ0v) is 12.8. The van der Waals surface area contributed by atoms with Gasteiger partial charge < -0.3 is 4.74 Å². The first-order chi connectivity index (χ1) is 9.08. The summed E-state index contributed by atoms with van der Waals surface area (Å²) in [5.41, 5.74) is 0.440. The van der Waals surface area contributed by atoms with E-state index in [1.54, 1.807) is 42.5 Å². The topological polar surface area (TPSA) is 26.3 Å². The molecule has 0 spiro atoms. The molecular weight excluding hydrogens is 351 g/mol. The van der Waals surface area contributed by atoms with Crippen LogP contribution >= 0.6 is 39.1 Å². The Bertz CT molecular complexity index is 614. The Kier molecular flexibility index (Phi) is 4.86. The van der Waals surface area contributed by atoms with Crippen molar-refractivity contribution < 1.29 is 9.53 Å². The van der Waals surface area contributed by atoms with Crippen molar-refractivity contribution in [2.45, 2.75) is 0 Å². The van der Waals surface area contributed by atoms with Crippen molar-refractivity contribution in [2.75, 3.05) is 6.61 Å². The third-order valence-corrected chi connectivity index (χ3v) is 3.56. The van der Waals surface area contributed by atoms with E-state index in [1.807, 2.05) is 0 Å². The molecule has 0 atom stereocenters. The zero-order chi connectivity index (χ0) is 13.8. The minimum absolute atomic E-state index is 0.111. The first kappa shape index (κ1) is 14.4. The lowest BCUT2D eigenvalue weighted by atomic mass is 10.1. The Morgan fingerprint density at radius 1 is 1.11 bits per heavy atom. The van der Waals surface area contributed by atoms with E-state index in [-0.39, 0.29) is 12.4 Å². The summed E-state index contributed by atoms with van der Waals surface area (Å²) in [7, 11) is 0. The Hall–Kier alpha value is -1.03. The quantitative estimate of drug-likeness (QED) is 0.716. The predicted molar refractivity (Wildman–Crippen MR) is 80.4 cm³/mol. The number of rotatable bonds is 4. The summed E-state index contributed by atoms with van der Waals surface area (Å²) in [5.74, 6) is 0.262. The van der Waals surface area contributed by atoms with E-state index >= 15 is 0 Å². The van der Waals surface area contributed by atoms with Crippen LogP contribution in [-0.4, -0.2) is 12.4 Å². The van der Waals surface area contributed by atoms with Gasteiger partial charge in [0.1, 0.15) is 5.75 Å². The number of halogens is 3. The fourth-order valence-electron chi connectivity index (χ4n) is 1.50. The largest absolute Gasteiger partial charge is 0.484 e. The number of ketones is 1. The Morgan fingerprint density at radius 2 is 1.84 bits per heavy atom. The third kappa shape index (κ3) is 3.72. The van der Waals surface area contributed by atoms with Crippen LogP contribution in [0.2, 0.25) is 10.0 Å². The molecule has 0 aliphatic carbocycles. The molecular formula is C14H9BrCl2O2. The number of ether oxygens (including phenoxy) is 1. The summed E-state index contributed by atoms with van der Waals surface area (Å²) in [6, 6.07) is 12.1. The Labute approximate surface area is 129 Å². The SMILES string of the molecule is O=C(COc1cc(Br)ccc1Cl)c1ccccc1Cl. The molecule has 0 heterocycles. The lowest BCUT2D eigenvalue weighted by Gasteiger charge is -2.08. The van der Waals surface area contributed by atoms with Gasteiger partial charge in [-0.25, -0.2) is 0 Å². The van der Waals surface area contributed by atoms with Crippen LogP contribution in [0.3, 0.4) is 0 Å². The minimum Gasteiger partial charge on any atom is -0.484 e. The fraction of sp³-hybridized carbons (Fsp3) is 0.0714. The van der Waals surface area contributed by atoms with Crippen molar-refractivity contribution in [3.63, 3.8) is 0 Å². The van der Waals surface area contributed by atoms with E-state index in [0.717, 1.165) is 4.47 Å². The Morgan fingerprint density at radius 3 is 2.58 bits per heavy atom. The molecule has 0 saturated heterocycles. The first-order valence-corrected chi connectivity index (χ1v) is 6.98. The van der Waals surface area contributed by atoms with Gasteiger partial charge in [0.2, 0.25) is 5.78 Å². The normalized spacial score (nSPS) is 10.3. The van der Waals surface area contributed by atoms with Gasteiger partial charge in [0, 0.05) is 10.0 Å². The van der Waals surface area contributed by atoms with Gasteiger partial charge in [-0.2, -0.15) is 0 Å². The van der Waals surface area contributed by atoms with Gasteiger partial charge >= 0.3 is 0 Å². The van der Waals surface area contributed by atoms with E-state index in [9.17, 15) is 4.79 Å². The first-order valence-electron chi connectivity index (χ1n) is 5.43. The fourth-order valence-corrected chi connectivity index (χ4v) is 2.25. The molecule has 2 aromatic carbocycles. The molecule has 0 unspecified atom stereocenters. The molecule has 2 rings (SSSR count). The van der Waals surface area contributed by atoms with Crippen LogP contribution in [0.5, 0.6) is 5.75 Å². The maximum atomic E-state index is 12.0. The highest BCUT2D eigenvalue weighted by Gasteiger charge is 2.11. The molecule has 2 nitrogen and oxygen atoms in total. The van der Waals surface area contributed by atoms with Crippen LogP contribution in [0.4, 0.5) is 0 Å². The number of hydrogen-bond acceptors (Lipinski definition) is 2. The highest BCUT2D eigenvalue weighted by Crippen LogP contribution is 2.28. The lowest BCUT2D eigenvalue weighted by Crippen LogP contribution is -2.12. The van der Waals surface area contributed by atoms with E-state index in [2.05, 4.69) is 15.9 Å². The Balaban J connectivity index is 2.09. The van der Waals surface area contributed by atoms with Gasteiger partial charge in [-0.05, 0) is 30.3 Å². The van der Waals surface area contributed by atoms with Crippen LogP contribution in [0.1, 0.15) is 10.4 Å². The van der Waals surface area contributed by atoms with Crippen LogP contribution in [0.25, 0.3) is 0 Å². The van der Waals surface area contributed by atoms with Gasteiger partial charge in [-0.1, -0.05) is 51.3 Å². The molecule has 0 N–H and O–H groups in total. The summed E-state index contributed by atoms with van der Waals surface area (Å²) in [6.07, 6.45) is 0. The number of benzene rings is 2. The average molecular weight is 360 g/mol. The highest BCUT2D eigenvalue weighted by molar-refractivity contribution is 9.10. The van der Waals surface area contributed by atoms with E-state index in [1.165, 1.54) is 0 Å². The smallest absolute Gasteiger partial charge is 0.201 e. The monoisotopic (exact) mass is 358 g/mol. The second-order valence-electron chi connectivity index (χ2n) is 3.77. The predicted octanol–water partition coefficient (Wildman–Crippen LogP) is 5.02. The standard InChI is InChI=1S/C14H9BrCl2O2/c15-9-5-6-12(17)14(7-9)19-8-13(18)10-3-1-2-4-11(10)16/h1-7H,8H2. The van der Waals surface area contributed by atoms with Crippen molar-refractivity contribution in [3.8, 4) is 5.75 Å². The lowest BCUT2D eigenvalue weighted by molar-refractivity contribution is 0.0921. The maximum absolute atomic E-state index is 12.0. The molecule has 0 saturated carbocycles. The molecule has 0 aromatic heterocycles. The molecule has 2 aromatic rings.